The van der Waals surface area contributed by atoms with Gasteiger partial charge in [0.15, 0.2) is 0 Å². The Morgan fingerprint density at radius 2 is 1.88 bits per heavy atom. The summed E-state index contributed by atoms with van der Waals surface area (Å²) in [5, 5.41) is 8.30. The number of aromatic nitrogens is 3. The van der Waals surface area contributed by atoms with Crippen LogP contribution >= 0.6 is 0 Å². The maximum atomic E-state index is 13.4. The number of anilines is 1. The topological polar surface area (TPSA) is 93.7 Å². The molecule has 1 fully saturated rings. The van der Waals surface area contributed by atoms with Crippen molar-refractivity contribution in [3.8, 4) is 0 Å². The molecule has 0 bridgehead atoms. The number of amides is 3. The lowest BCUT2D eigenvalue weighted by Gasteiger charge is -2.34. The predicted octanol–water partition coefficient (Wildman–Crippen LogP) is 3.30. The molecular weight excluding hydrogens is 410 g/mol. The Labute approximate surface area is 186 Å². The van der Waals surface area contributed by atoms with Gasteiger partial charge >= 0.3 is 6.03 Å². The van der Waals surface area contributed by atoms with Crippen LogP contribution in [0.4, 0.5) is 10.5 Å². The van der Waals surface area contributed by atoms with E-state index in [9.17, 15) is 9.59 Å². The lowest BCUT2D eigenvalue weighted by Crippen LogP contribution is -2.51. The minimum Gasteiger partial charge on any atom is -0.361 e. The van der Waals surface area contributed by atoms with Crippen molar-refractivity contribution in [2.75, 3.05) is 12.0 Å². The monoisotopic (exact) mass is 437 g/mol. The Balaban J connectivity index is 1.60. The molecule has 1 aromatic carbocycles. The van der Waals surface area contributed by atoms with Crippen LogP contribution in [0.3, 0.4) is 0 Å². The normalized spacial score (nSPS) is 16.8. The maximum absolute atomic E-state index is 13.4. The van der Waals surface area contributed by atoms with Crippen molar-refractivity contribution in [3.63, 3.8) is 0 Å². The van der Waals surface area contributed by atoms with Crippen LogP contribution in [0.2, 0.25) is 0 Å². The van der Waals surface area contributed by atoms with Gasteiger partial charge in [-0.3, -0.25) is 14.4 Å². The van der Waals surface area contributed by atoms with Crippen LogP contribution in [0.1, 0.15) is 36.4 Å². The summed E-state index contributed by atoms with van der Waals surface area (Å²) < 4.78 is 12.5. The van der Waals surface area contributed by atoms with E-state index in [0.29, 0.717) is 24.4 Å². The van der Waals surface area contributed by atoms with Crippen molar-refractivity contribution in [1.82, 2.24) is 19.8 Å². The lowest BCUT2D eigenvalue weighted by atomic mass is 10.0. The highest BCUT2D eigenvalue weighted by molar-refractivity contribution is 6.22. The summed E-state index contributed by atoms with van der Waals surface area (Å²) in [6.07, 6.45) is 3.08. The van der Waals surface area contributed by atoms with E-state index in [-0.39, 0.29) is 5.91 Å². The summed E-state index contributed by atoms with van der Waals surface area (Å²) in [4.78, 5) is 29.4. The first-order valence-electron chi connectivity index (χ1n) is 10.4. The third-order valence-corrected chi connectivity index (χ3v) is 5.92. The number of ether oxygens (including phenoxy) is 1. The summed E-state index contributed by atoms with van der Waals surface area (Å²) in [6.45, 7) is 7.60. The molecule has 3 amide bonds. The van der Waals surface area contributed by atoms with Gasteiger partial charge in [0, 0.05) is 25.3 Å². The molecule has 0 spiro atoms. The van der Waals surface area contributed by atoms with Gasteiger partial charge in [0.1, 0.15) is 17.5 Å². The van der Waals surface area contributed by atoms with Crippen LogP contribution in [0.15, 0.2) is 47.2 Å². The summed E-state index contributed by atoms with van der Waals surface area (Å²) >= 11 is 0. The van der Waals surface area contributed by atoms with E-state index in [1.165, 1.54) is 16.0 Å². The van der Waals surface area contributed by atoms with Crippen molar-refractivity contribution in [2.24, 2.45) is 0 Å². The molecule has 0 radical (unpaired) electrons. The average Bonchev–Trinajstić information content (AvgIpc) is 3.40. The number of nitrogens with zero attached hydrogens (tertiary/aromatic N) is 5. The van der Waals surface area contributed by atoms with Crippen LogP contribution in [-0.4, -0.2) is 50.7 Å². The molecule has 0 N–H and O–H groups in total. The molecule has 1 aliphatic rings. The van der Waals surface area contributed by atoms with E-state index in [1.54, 1.807) is 31.8 Å². The fraction of sp³-hybridized carbons (Fsp3) is 0.391. The van der Waals surface area contributed by atoms with Crippen LogP contribution in [-0.2, 0) is 22.5 Å². The van der Waals surface area contributed by atoms with E-state index >= 15 is 0 Å². The molecule has 4 rings (SSSR count). The Bertz CT molecular complexity index is 1110. The highest BCUT2D eigenvalue weighted by Gasteiger charge is 2.54. The first kappa shape index (κ1) is 21.8. The van der Waals surface area contributed by atoms with E-state index in [4.69, 9.17) is 9.26 Å². The molecule has 1 unspecified atom stereocenters. The summed E-state index contributed by atoms with van der Waals surface area (Å²) in [5.41, 5.74) is 2.06. The number of benzene rings is 1. The molecular formula is C23H27N5O4. The van der Waals surface area contributed by atoms with Gasteiger partial charge in [0.05, 0.1) is 24.1 Å². The Hall–Kier alpha value is -3.46. The molecule has 168 valence electrons. The molecule has 2 aromatic heterocycles. The third kappa shape index (κ3) is 3.69. The van der Waals surface area contributed by atoms with Gasteiger partial charge in [-0.1, -0.05) is 35.5 Å². The largest absolute Gasteiger partial charge is 0.361 e. The number of imide groups is 1. The molecule has 32 heavy (non-hydrogen) atoms. The van der Waals surface area contributed by atoms with Crippen LogP contribution < -0.4 is 4.90 Å². The number of rotatable bonds is 7. The molecule has 1 aliphatic heterocycles. The third-order valence-electron chi connectivity index (χ3n) is 5.92. The number of aryl methyl sites for hydroxylation is 2. The molecule has 3 aromatic rings. The Morgan fingerprint density at radius 1 is 1.16 bits per heavy atom. The molecule has 1 atom stereocenters. The molecule has 9 heteroatoms. The molecule has 3 heterocycles. The minimum absolute atomic E-state index is 0.325. The number of hydrogen-bond acceptors (Lipinski definition) is 6. The minimum atomic E-state index is -1.07. The molecule has 1 saturated heterocycles. The van der Waals surface area contributed by atoms with Crippen molar-refractivity contribution in [3.05, 3.63) is 65.3 Å². The van der Waals surface area contributed by atoms with Crippen molar-refractivity contribution >= 4 is 17.6 Å². The highest BCUT2D eigenvalue weighted by Crippen LogP contribution is 2.34. The Morgan fingerprint density at radius 3 is 2.50 bits per heavy atom. The number of methoxy groups -OCH3 is 1. The second kappa shape index (κ2) is 8.23. The zero-order valence-corrected chi connectivity index (χ0v) is 18.9. The summed E-state index contributed by atoms with van der Waals surface area (Å²) in [5.74, 6) is 0.388. The molecule has 0 aliphatic carbocycles. The van der Waals surface area contributed by atoms with Gasteiger partial charge in [0.2, 0.25) is 0 Å². The predicted molar refractivity (Wildman–Crippen MR) is 117 cm³/mol. The zero-order valence-electron chi connectivity index (χ0n) is 18.9. The SMILES string of the molecule is COC(Cc1ccccc1)N1C(=O)N(c2cnn(Cc3c(C)noc3C)c2)C(=O)C1(C)C. The smallest absolute Gasteiger partial charge is 0.334 e. The molecule has 9 nitrogen and oxygen atoms in total. The van der Waals surface area contributed by atoms with Gasteiger partial charge in [0.25, 0.3) is 5.91 Å². The van der Waals surface area contributed by atoms with Gasteiger partial charge in [-0.05, 0) is 33.3 Å². The highest BCUT2D eigenvalue weighted by atomic mass is 16.5. The van der Waals surface area contributed by atoms with E-state index in [1.807, 2.05) is 44.2 Å². The number of hydrogen-bond donors (Lipinski definition) is 0. The maximum Gasteiger partial charge on any atom is 0.334 e. The van der Waals surface area contributed by atoms with Gasteiger partial charge in [-0.25, -0.2) is 9.69 Å². The Kier molecular flexibility index (Phi) is 5.60. The quantitative estimate of drug-likeness (QED) is 0.527. The fourth-order valence-corrected chi connectivity index (χ4v) is 4.06. The van der Waals surface area contributed by atoms with Gasteiger partial charge in [-0.15, -0.1) is 0 Å². The number of carbonyl (C=O) groups is 2. The van der Waals surface area contributed by atoms with Crippen LogP contribution in [0, 0.1) is 13.8 Å². The van der Waals surface area contributed by atoms with Gasteiger partial charge in [-0.2, -0.15) is 5.10 Å². The second-order valence-corrected chi connectivity index (χ2v) is 8.43. The van der Waals surface area contributed by atoms with Crippen LogP contribution in [0.5, 0.6) is 0 Å². The zero-order chi connectivity index (χ0) is 23.0. The second-order valence-electron chi connectivity index (χ2n) is 8.43. The van der Waals surface area contributed by atoms with Crippen molar-refractivity contribution < 1.29 is 18.8 Å². The van der Waals surface area contributed by atoms with Gasteiger partial charge < -0.3 is 9.26 Å². The average molecular weight is 438 g/mol. The van der Waals surface area contributed by atoms with Crippen molar-refractivity contribution in [1.29, 1.82) is 0 Å². The van der Waals surface area contributed by atoms with E-state index < -0.39 is 17.8 Å². The molecule has 0 saturated carbocycles. The fourth-order valence-electron chi connectivity index (χ4n) is 4.06. The number of carbonyl (C=O) groups excluding carboxylic acids is 2. The standard InChI is InChI=1S/C23H27N5O4/c1-15-19(16(2)32-25-15)14-26-13-18(12-24-26)27-21(29)23(3,4)28(22(27)30)20(31-5)11-17-9-7-6-8-10-17/h6-10,12-13,20H,11,14H2,1-5H3. The first-order chi connectivity index (χ1) is 15.2. The van der Waals surface area contributed by atoms with E-state index in [2.05, 4.69) is 10.3 Å². The lowest BCUT2D eigenvalue weighted by molar-refractivity contribution is -0.127. The first-order valence-corrected chi connectivity index (χ1v) is 10.4. The summed E-state index contributed by atoms with van der Waals surface area (Å²) in [6, 6.07) is 9.31. The van der Waals surface area contributed by atoms with E-state index in [0.717, 1.165) is 16.8 Å². The number of urea groups is 1. The van der Waals surface area contributed by atoms with Crippen LogP contribution in [0.25, 0.3) is 0 Å². The summed E-state index contributed by atoms with van der Waals surface area (Å²) in [7, 11) is 1.55. The van der Waals surface area contributed by atoms with Crippen molar-refractivity contribution in [2.45, 2.75) is 52.4 Å².